The van der Waals surface area contributed by atoms with Gasteiger partial charge in [0.2, 0.25) is 0 Å². The Labute approximate surface area is 96.2 Å². The predicted octanol–water partition coefficient (Wildman–Crippen LogP) is 3.47. The van der Waals surface area contributed by atoms with Crippen LogP contribution in [0, 0.1) is 6.92 Å². The number of nitrogens with zero attached hydrogens (tertiary/aromatic N) is 2. The van der Waals surface area contributed by atoms with Gasteiger partial charge in [-0.05, 0) is 30.7 Å². The lowest BCUT2D eigenvalue weighted by Crippen LogP contribution is -2.07. The summed E-state index contributed by atoms with van der Waals surface area (Å²) in [7, 11) is 0. The molecule has 0 radical (unpaired) electrons. The molecule has 0 atom stereocenters. The molecule has 0 saturated heterocycles. The summed E-state index contributed by atoms with van der Waals surface area (Å²) in [5, 5.41) is 0. The molecule has 0 unspecified atom stereocenters. The molecule has 0 aliphatic heterocycles. The van der Waals surface area contributed by atoms with E-state index in [9.17, 15) is 13.2 Å². The van der Waals surface area contributed by atoms with Crippen LogP contribution >= 0.6 is 0 Å². The van der Waals surface area contributed by atoms with Gasteiger partial charge in [0, 0.05) is 18.0 Å². The first-order valence-corrected chi connectivity index (χ1v) is 4.94. The van der Waals surface area contributed by atoms with Crippen molar-refractivity contribution < 1.29 is 13.2 Å². The summed E-state index contributed by atoms with van der Waals surface area (Å²) in [5.74, 6) is 0. The van der Waals surface area contributed by atoms with Crippen LogP contribution in [-0.2, 0) is 6.18 Å². The average Bonchev–Trinajstić information content (AvgIpc) is 2.29. The highest BCUT2D eigenvalue weighted by Gasteiger charge is 2.32. The summed E-state index contributed by atoms with van der Waals surface area (Å²) >= 11 is 0. The van der Waals surface area contributed by atoms with Gasteiger partial charge in [0.1, 0.15) is 5.69 Å². The SMILES string of the molecule is Cc1cccnc1-c1ccc(C(F)(F)F)nc1. The maximum Gasteiger partial charge on any atom is 0.433 e. The molecule has 17 heavy (non-hydrogen) atoms. The Hall–Kier alpha value is -1.91. The van der Waals surface area contributed by atoms with Crippen LogP contribution in [0.4, 0.5) is 13.2 Å². The van der Waals surface area contributed by atoms with Gasteiger partial charge in [0.15, 0.2) is 0 Å². The summed E-state index contributed by atoms with van der Waals surface area (Å²) in [6.07, 6.45) is -1.62. The van der Waals surface area contributed by atoms with Crippen molar-refractivity contribution in [3.05, 3.63) is 47.9 Å². The molecule has 0 amide bonds. The normalized spacial score (nSPS) is 11.5. The summed E-state index contributed by atoms with van der Waals surface area (Å²) in [5.41, 5.74) is 1.23. The van der Waals surface area contributed by atoms with Crippen LogP contribution in [0.15, 0.2) is 36.7 Å². The van der Waals surface area contributed by atoms with Crippen LogP contribution < -0.4 is 0 Å². The fourth-order valence-electron chi connectivity index (χ4n) is 1.49. The van der Waals surface area contributed by atoms with Crippen molar-refractivity contribution >= 4 is 0 Å². The third kappa shape index (κ3) is 2.43. The molecule has 2 aromatic heterocycles. The standard InChI is InChI=1S/C12H9F3N2/c1-8-3-2-6-16-11(8)9-4-5-10(17-7-9)12(13,14)15/h2-7H,1H3. The minimum absolute atomic E-state index is 0.580. The van der Waals surface area contributed by atoms with Gasteiger partial charge in [-0.15, -0.1) is 0 Å². The summed E-state index contributed by atoms with van der Waals surface area (Å²) in [6.45, 7) is 1.85. The fourth-order valence-corrected chi connectivity index (χ4v) is 1.49. The number of alkyl halides is 3. The maximum atomic E-state index is 12.3. The summed E-state index contributed by atoms with van der Waals surface area (Å²) in [4.78, 5) is 7.52. The Balaban J connectivity index is 2.40. The van der Waals surface area contributed by atoms with Crippen molar-refractivity contribution in [1.82, 2.24) is 9.97 Å². The van der Waals surface area contributed by atoms with Gasteiger partial charge >= 0.3 is 6.18 Å². The van der Waals surface area contributed by atoms with E-state index in [0.717, 1.165) is 11.6 Å². The minimum atomic E-state index is -4.41. The van der Waals surface area contributed by atoms with E-state index in [1.54, 1.807) is 12.3 Å². The zero-order valence-corrected chi connectivity index (χ0v) is 8.99. The average molecular weight is 238 g/mol. The van der Waals surface area contributed by atoms with Gasteiger partial charge in [0.05, 0.1) is 5.69 Å². The van der Waals surface area contributed by atoms with Gasteiger partial charge in [-0.3, -0.25) is 9.97 Å². The van der Waals surface area contributed by atoms with Crippen molar-refractivity contribution in [2.45, 2.75) is 13.1 Å². The highest BCUT2D eigenvalue weighted by molar-refractivity contribution is 5.61. The van der Waals surface area contributed by atoms with Crippen molar-refractivity contribution in [3.8, 4) is 11.3 Å². The number of aryl methyl sites for hydroxylation is 1. The second-order valence-corrected chi connectivity index (χ2v) is 3.60. The molecule has 0 fully saturated rings. The zero-order chi connectivity index (χ0) is 12.5. The molecule has 5 heteroatoms. The fraction of sp³-hybridized carbons (Fsp3) is 0.167. The van der Waals surface area contributed by atoms with Crippen LogP contribution in [-0.4, -0.2) is 9.97 Å². The molecule has 2 heterocycles. The molecule has 2 nitrogen and oxygen atoms in total. The highest BCUT2D eigenvalue weighted by atomic mass is 19.4. The number of hydrogen-bond acceptors (Lipinski definition) is 2. The number of rotatable bonds is 1. The first kappa shape index (κ1) is 11.6. The molecule has 0 aliphatic rings. The van der Waals surface area contributed by atoms with Crippen molar-refractivity contribution in [2.24, 2.45) is 0 Å². The first-order valence-electron chi connectivity index (χ1n) is 4.94. The molecule has 0 saturated carbocycles. The molecule has 2 rings (SSSR count). The Morgan fingerprint density at radius 2 is 1.82 bits per heavy atom. The molecule has 0 aliphatic carbocycles. The minimum Gasteiger partial charge on any atom is -0.256 e. The van der Waals surface area contributed by atoms with E-state index in [1.165, 1.54) is 12.3 Å². The third-order valence-electron chi connectivity index (χ3n) is 2.34. The van der Waals surface area contributed by atoms with Crippen LogP contribution in [0.5, 0.6) is 0 Å². The highest BCUT2D eigenvalue weighted by Crippen LogP contribution is 2.29. The van der Waals surface area contributed by atoms with Crippen molar-refractivity contribution in [2.75, 3.05) is 0 Å². The predicted molar refractivity (Wildman–Crippen MR) is 57.2 cm³/mol. The second-order valence-electron chi connectivity index (χ2n) is 3.60. The number of pyridine rings is 2. The van der Waals surface area contributed by atoms with Crippen LogP contribution in [0.2, 0.25) is 0 Å². The zero-order valence-electron chi connectivity index (χ0n) is 8.99. The van der Waals surface area contributed by atoms with Gasteiger partial charge in [-0.25, -0.2) is 0 Å². The van der Waals surface area contributed by atoms with E-state index in [1.807, 2.05) is 13.0 Å². The summed E-state index contributed by atoms with van der Waals surface area (Å²) < 4.78 is 37.0. The Morgan fingerprint density at radius 3 is 2.35 bits per heavy atom. The Kier molecular flexibility index (Phi) is 2.83. The van der Waals surface area contributed by atoms with E-state index in [-0.39, 0.29) is 0 Å². The summed E-state index contributed by atoms with van der Waals surface area (Å²) in [6, 6.07) is 5.96. The van der Waals surface area contributed by atoms with Crippen LogP contribution in [0.25, 0.3) is 11.3 Å². The third-order valence-corrected chi connectivity index (χ3v) is 2.34. The van der Waals surface area contributed by atoms with E-state index in [0.29, 0.717) is 11.3 Å². The topological polar surface area (TPSA) is 25.8 Å². The van der Waals surface area contributed by atoms with E-state index in [2.05, 4.69) is 9.97 Å². The molecule has 0 spiro atoms. The number of hydrogen-bond donors (Lipinski definition) is 0. The molecule has 2 aromatic rings. The molecule has 0 aromatic carbocycles. The van der Waals surface area contributed by atoms with Gasteiger partial charge in [-0.2, -0.15) is 13.2 Å². The van der Waals surface area contributed by atoms with E-state index in [4.69, 9.17) is 0 Å². The molecule has 0 bridgehead atoms. The lowest BCUT2D eigenvalue weighted by Gasteiger charge is -2.07. The van der Waals surface area contributed by atoms with Crippen molar-refractivity contribution in [3.63, 3.8) is 0 Å². The van der Waals surface area contributed by atoms with E-state index >= 15 is 0 Å². The quantitative estimate of drug-likeness (QED) is 0.760. The van der Waals surface area contributed by atoms with Gasteiger partial charge in [0.25, 0.3) is 0 Å². The van der Waals surface area contributed by atoms with Crippen LogP contribution in [0.3, 0.4) is 0 Å². The van der Waals surface area contributed by atoms with Gasteiger partial charge < -0.3 is 0 Å². The molecule has 88 valence electrons. The lowest BCUT2D eigenvalue weighted by molar-refractivity contribution is -0.141. The molecular weight excluding hydrogens is 229 g/mol. The monoisotopic (exact) mass is 238 g/mol. The number of aromatic nitrogens is 2. The van der Waals surface area contributed by atoms with Crippen LogP contribution in [0.1, 0.15) is 11.3 Å². The second kappa shape index (κ2) is 4.16. The Bertz CT molecular complexity index is 518. The van der Waals surface area contributed by atoms with Crippen molar-refractivity contribution in [1.29, 1.82) is 0 Å². The number of halogens is 3. The molecule has 0 N–H and O–H groups in total. The smallest absolute Gasteiger partial charge is 0.256 e. The Morgan fingerprint density at radius 1 is 1.06 bits per heavy atom. The van der Waals surface area contributed by atoms with E-state index < -0.39 is 11.9 Å². The lowest BCUT2D eigenvalue weighted by atomic mass is 10.1. The molecular formula is C12H9F3N2. The largest absolute Gasteiger partial charge is 0.433 e. The maximum absolute atomic E-state index is 12.3. The first-order chi connectivity index (χ1) is 7.98. The van der Waals surface area contributed by atoms with Gasteiger partial charge in [-0.1, -0.05) is 6.07 Å².